The van der Waals surface area contributed by atoms with Crippen molar-refractivity contribution < 1.29 is 9.90 Å². The normalized spacial score (nSPS) is 22.1. The van der Waals surface area contributed by atoms with E-state index in [4.69, 9.17) is 5.11 Å². The van der Waals surface area contributed by atoms with Crippen LogP contribution in [-0.4, -0.2) is 47.5 Å². The molecular formula is C19H26Cl2N4O2S. The molecule has 0 spiro atoms. The Balaban J connectivity index is 0.00000140. The Bertz CT molecular complexity index is 758. The summed E-state index contributed by atoms with van der Waals surface area (Å²) in [6.07, 6.45) is 3.28. The number of piperazine rings is 1. The molecule has 1 aromatic heterocycles. The molecule has 1 aromatic carbocycles. The van der Waals surface area contributed by atoms with Crippen LogP contribution < -0.4 is 10.2 Å². The third kappa shape index (κ3) is 5.14. The lowest BCUT2D eigenvalue weighted by Gasteiger charge is -2.29. The molecule has 0 bridgehead atoms. The summed E-state index contributed by atoms with van der Waals surface area (Å²) in [7, 11) is 0. The maximum Gasteiger partial charge on any atom is 0.306 e. The number of carbonyl (C=O) groups is 1. The van der Waals surface area contributed by atoms with Crippen molar-refractivity contribution in [1.29, 1.82) is 0 Å². The highest BCUT2D eigenvalue weighted by atomic mass is 35.5. The summed E-state index contributed by atoms with van der Waals surface area (Å²) < 4.78 is 0. The van der Waals surface area contributed by atoms with Crippen molar-refractivity contribution in [3.05, 3.63) is 29.3 Å². The van der Waals surface area contributed by atoms with E-state index in [2.05, 4.69) is 44.7 Å². The van der Waals surface area contributed by atoms with Crippen LogP contribution in [0.2, 0.25) is 0 Å². The van der Waals surface area contributed by atoms with Crippen molar-refractivity contribution in [1.82, 2.24) is 15.5 Å². The number of carboxylic acid groups (broad SMARTS) is 1. The fraction of sp³-hybridized carbons (Fsp3) is 0.526. The molecule has 0 unspecified atom stereocenters. The number of anilines is 1. The minimum atomic E-state index is -0.661. The van der Waals surface area contributed by atoms with Gasteiger partial charge < -0.3 is 15.3 Å². The number of hydrogen-bond donors (Lipinski definition) is 2. The molecular weight excluding hydrogens is 419 g/mol. The molecule has 0 atom stereocenters. The zero-order valence-electron chi connectivity index (χ0n) is 15.5. The monoisotopic (exact) mass is 444 g/mol. The van der Waals surface area contributed by atoms with Crippen molar-refractivity contribution in [3.63, 3.8) is 0 Å². The first-order valence-corrected chi connectivity index (χ1v) is 10.1. The zero-order chi connectivity index (χ0) is 17.9. The summed E-state index contributed by atoms with van der Waals surface area (Å²) in [5.41, 5.74) is 2.36. The van der Waals surface area contributed by atoms with Gasteiger partial charge in [0.2, 0.25) is 0 Å². The molecule has 9 heteroatoms. The van der Waals surface area contributed by atoms with Gasteiger partial charge in [-0.25, -0.2) is 0 Å². The summed E-state index contributed by atoms with van der Waals surface area (Å²) in [5.74, 6) is -0.487. The van der Waals surface area contributed by atoms with Gasteiger partial charge in [0, 0.05) is 43.3 Å². The van der Waals surface area contributed by atoms with Gasteiger partial charge in [-0.15, -0.1) is 35.0 Å². The van der Waals surface area contributed by atoms with Crippen LogP contribution in [0.15, 0.2) is 24.3 Å². The van der Waals surface area contributed by atoms with E-state index in [1.165, 1.54) is 5.69 Å². The van der Waals surface area contributed by atoms with Crippen molar-refractivity contribution in [2.75, 3.05) is 31.1 Å². The molecule has 1 saturated carbocycles. The van der Waals surface area contributed by atoms with E-state index in [9.17, 15) is 4.79 Å². The van der Waals surface area contributed by atoms with Gasteiger partial charge in [-0.3, -0.25) is 4.79 Å². The molecule has 1 saturated heterocycles. The number of benzene rings is 1. The molecule has 2 aromatic rings. The van der Waals surface area contributed by atoms with Crippen LogP contribution in [0.4, 0.5) is 5.69 Å². The van der Waals surface area contributed by atoms with Crippen LogP contribution in [0.25, 0.3) is 10.6 Å². The SMILES string of the molecule is Cl.Cl.O=C(O)C1CCC(c2nnc(-c3ccc(N4CCNCC4)cc3)s2)CC1. The second-order valence-corrected chi connectivity index (χ2v) is 8.13. The van der Waals surface area contributed by atoms with Crippen LogP contribution in [0, 0.1) is 5.92 Å². The van der Waals surface area contributed by atoms with Crippen LogP contribution >= 0.6 is 36.2 Å². The first-order valence-electron chi connectivity index (χ1n) is 9.33. The van der Waals surface area contributed by atoms with E-state index in [0.717, 1.165) is 67.4 Å². The average Bonchev–Trinajstić information content (AvgIpc) is 3.19. The predicted octanol–water partition coefficient (Wildman–Crippen LogP) is 3.82. The molecule has 0 radical (unpaired) electrons. The van der Waals surface area contributed by atoms with Crippen LogP contribution in [0.5, 0.6) is 0 Å². The third-order valence-corrected chi connectivity index (χ3v) is 6.60. The molecule has 6 nitrogen and oxygen atoms in total. The van der Waals surface area contributed by atoms with E-state index in [0.29, 0.717) is 5.92 Å². The number of aliphatic carboxylic acids is 1. The minimum absolute atomic E-state index is 0. The number of rotatable bonds is 4. The zero-order valence-corrected chi connectivity index (χ0v) is 18.0. The van der Waals surface area contributed by atoms with E-state index in [-0.39, 0.29) is 30.7 Å². The van der Waals surface area contributed by atoms with Gasteiger partial charge in [0.15, 0.2) is 0 Å². The Labute approximate surface area is 181 Å². The highest BCUT2D eigenvalue weighted by Crippen LogP contribution is 2.38. The molecule has 28 heavy (non-hydrogen) atoms. The summed E-state index contributed by atoms with van der Waals surface area (Å²) in [6, 6.07) is 8.59. The van der Waals surface area contributed by atoms with Gasteiger partial charge in [0.25, 0.3) is 0 Å². The maximum atomic E-state index is 11.1. The smallest absolute Gasteiger partial charge is 0.306 e. The lowest BCUT2D eigenvalue weighted by molar-refractivity contribution is -0.142. The largest absolute Gasteiger partial charge is 0.481 e. The van der Waals surface area contributed by atoms with Gasteiger partial charge in [0.05, 0.1) is 5.92 Å². The molecule has 2 N–H and O–H groups in total. The van der Waals surface area contributed by atoms with Crippen molar-refractivity contribution in [3.8, 4) is 10.6 Å². The van der Waals surface area contributed by atoms with Crippen LogP contribution in [0.3, 0.4) is 0 Å². The Morgan fingerprint density at radius 2 is 1.68 bits per heavy atom. The topological polar surface area (TPSA) is 78.3 Å². The van der Waals surface area contributed by atoms with Gasteiger partial charge >= 0.3 is 5.97 Å². The summed E-state index contributed by atoms with van der Waals surface area (Å²) in [5, 5.41) is 23.3. The molecule has 4 rings (SSSR count). The number of halogens is 2. The van der Waals surface area contributed by atoms with E-state index < -0.39 is 5.97 Å². The Morgan fingerprint density at radius 1 is 1.04 bits per heavy atom. The molecule has 154 valence electrons. The van der Waals surface area contributed by atoms with E-state index in [1.807, 2.05) is 0 Å². The van der Waals surface area contributed by atoms with Crippen molar-refractivity contribution in [2.24, 2.45) is 5.92 Å². The second kappa shape index (κ2) is 10.4. The fourth-order valence-electron chi connectivity index (χ4n) is 3.84. The van der Waals surface area contributed by atoms with Crippen LogP contribution in [0.1, 0.15) is 36.6 Å². The highest BCUT2D eigenvalue weighted by Gasteiger charge is 2.28. The Kier molecular flexibility index (Phi) is 8.49. The van der Waals surface area contributed by atoms with Gasteiger partial charge in [0.1, 0.15) is 10.0 Å². The summed E-state index contributed by atoms with van der Waals surface area (Å²) >= 11 is 1.65. The second-order valence-electron chi connectivity index (χ2n) is 7.12. The van der Waals surface area contributed by atoms with Gasteiger partial charge in [-0.2, -0.15) is 0 Å². The van der Waals surface area contributed by atoms with Gasteiger partial charge in [-0.05, 0) is 49.9 Å². The number of nitrogens with zero attached hydrogens (tertiary/aromatic N) is 3. The molecule has 2 fully saturated rings. The maximum absolute atomic E-state index is 11.1. The van der Waals surface area contributed by atoms with Gasteiger partial charge in [-0.1, -0.05) is 11.3 Å². The molecule has 2 aliphatic rings. The molecule has 1 aliphatic heterocycles. The van der Waals surface area contributed by atoms with E-state index in [1.54, 1.807) is 11.3 Å². The van der Waals surface area contributed by atoms with E-state index >= 15 is 0 Å². The molecule has 0 amide bonds. The number of hydrogen-bond acceptors (Lipinski definition) is 6. The number of nitrogens with one attached hydrogen (secondary N) is 1. The average molecular weight is 445 g/mol. The minimum Gasteiger partial charge on any atom is -0.481 e. The Hall–Kier alpha value is -1.41. The highest BCUT2D eigenvalue weighted by molar-refractivity contribution is 7.14. The standard InChI is InChI=1S/C19H24N4O2S.2ClH/c24-19(25)15-3-1-13(2-4-15)17-21-22-18(26-17)14-5-7-16(8-6-14)23-11-9-20-10-12-23;;/h5-8,13,15,20H,1-4,9-12H2,(H,24,25);2*1H. The Morgan fingerprint density at radius 3 is 2.29 bits per heavy atom. The number of aromatic nitrogens is 2. The fourth-order valence-corrected chi connectivity index (χ4v) is 4.86. The van der Waals surface area contributed by atoms with Crippen LogP contribution in [-0.2, 0) is 4.79 Å². The third-order valence-electron chi connectivity index (χ3n) is 5.46. The number of carboxylic acids is 1. The molecule has 2 heterocycles. The van der Waals surface area contributed by atoms with Crippen molar-refractivity contribution >= 4 is 47.8 Å². The molecule has 1 aliphatic carbocycles. The summed E-state index contributed by atoms with van der Waals surface area (Å²) in [4.78, 5) is 13.5. The first-order chi connectivity index (χ1) is 12.7. The van der Waals surface area contributed by atoms with Crippen molar-refractivity contribution in [2.45, 2.75) is 31.6 Å². The lowest BCUT2D eigenvalue weighted by atomic mass is 9.82. The predicted molar refractivity (Wildman–Crippen MR) is 117 cm³/mol. The lowest BCUT2D eigenvalue weighted by Crippen LogP contribution is -2.43. The first kappa shape index (κ1) is 22.9. The quantitative estimate of drug-likeness (QED) is 0.745. The summed E-state index contributed by atoms with van der Waals surface area (Å²) in [6.45, 7) is 4.15.